The highest BCUT2D eigenvalue weighted by atomic mass is 32.1. The molecule has 1 aromatic heterocycles. The van der Waals surface area contributed by atoms with Crippen molar-refractivity contribution in [2.75, 3.05) is 6.61 Å². The molecule has 0 aliphatic heterocycles. The van der Waals surface area contributed by atoms with Crippen LogP contribution in [0.5, 0.6) is 0 Å². The Hall–Kier alpha value is -1.08. The van der Waals surface area contributed by atoms with E-state index in [0.29, 0.717) is 4.88 Å². The van der Waals surface area contributed by atoms with E-state index in [4.69, 9.17) is 9.84 Å². The van der Waals surface area contributed by atoms with Crippen LogP contribution in [0.25, 0.3) is 0 Å². The molecule has 1 rings (SSSR count). The number of hydrogen-bond acceptors (Lipinski definition) is 3. The van der Waals surface area contributed by atoms with Gasteiger partial charge in [-0.1, -0.05) is 0 Å². The number of halogens is 3. The van der Waals surface area contributed by atoms with E-state index in [1.165, 1.54) is 6.07 Å². The second-order valence-corrected chi connectivity index (χ2v) is 4.51. The second kappa shape index (κ2) is 6.02. The van der Waals surface area contributed by atoms with E-state index in [-0.39, 0.29) is 24.5 Å². The summed E-state index contributed by atoms with van der Waals surface area (Å²) in [6, 6.07) is 3.04. The summed E-state index contributed by atoms with van der Waals surface area (Å²) in [6.45, 7) is 0.162. The van der Waals surface area contributed by atoms with E-state index in [1.54, 1.807) is 6.07 Å². The lowest BCUT2D eigenvalue weighted by Crippen LogP contribution is -2.08. The highest BCUT2D eigenvalue weighted by Crippen LogP contribution is 2.21. The van der Waals surface area contributed by atoms with E-state index >= 15 is 0 Å². The monoisotopic (exact) mass is 268 g/mol. The van der Waals surface area contributed by atoms with Crippen molar-refractivity contribution in [1.29, 1.82) is 0 Å². The van der Waals surface area contributed by atoms with Crippen molar-refractivity contribution in [2.24, 2.45) is 0 Å². The van der Waals surface area contributed by atoms with Crippen LogP contribution in [0.4, 0.5) is 13.2 Å². The summed E-state index contributed by atoms with van der Waals surface area (Å²) in [7, 11) is 0. The summed E-state index contributed by atoms with van der Waals surface area (Å²) in [5, 5.41) is 8.64. The quantitative estimate of drug-likeness (QED) is 0.805. The third-order valence-corrected chi connectivity index (χ3v) is 2.91. The minimum absolute atomic E-state index is 0.0137. The minimum Gasteiger partial charge on any atom is -0.477 e. The zero-order valence-electron chi connectivity index (χ0n) is 8.79. The van der Waals surface area contributed by atoms with Crippen LogP contribution >= 0.6 is 11.3 Å². The van der Waals surface area contributed by atoms with Gasteiger partial charge in [0.15, 0.2) is 0 Å². The highest BCUT2D eigenvalue weighted by molar-refractivity contribution is 7.13. The first kappa shape index (κ1) is 14.0. The van der Waals surface area contributed by atoms with Crippen LogP contribution in [0.2, 0.25) is 0 Å². The lowest BCUT2D eigenvalue weighted by Gasteiger charge is -2.05. The van der Waals surface area contributed by atoms with Gasteiger partial charge in [0.2, 0.25) is 0 Å². The van der Waals surface area contributed by atoms with E-state index in [1.807, 2.05) is 0 Å². The summed E-state index contributed by atoms with van der Waals surface area (Å²) in [5.74, 6) is -1.02. The molecule has 0 saturated carbocycles. The molecule has 0 saturated heterocycles. The molecular formula is C10H11F3O3S. The van der Waals surface area contributed by atoms with Gasteiger partial charge in [0.25, 0.3) is 0 Å². The molecule has 1 aromatic rings. The first-order chi connectivity index (χ1) is 7.88. The molecule has 0 bridgehead atoms. The summed E-state index contributed by atoms with van der Waals surface area (Å²) in [6.07, 6.45) is -5.10. The van der Waals surface area contributed by atoms with Crippen LogP contribution in [0, 0.1) is 0 Å². The standard InChI is InChI=1S/C10H11F3O3S/c11-10(12,13)4-1-5-16-6-7-2-3-8(17-7)9(14)15/h2-3H,1,4-6H2,(H,14,15). The van der Waals surface area contributed by atoms with Crippen LogP contribution < -0.4 is 0 Å². The summed E-state index contributed by atoms with van der Waals surface area (Å²) >= 11 is 1.06. The molecule has 0 aliphatic rings. The molecule has 0 radical (unpaired) electrons. The number of carboxylic acid groups (broad SMARTS) is 1. The predicted octanol–water partition coefficient (Wildman–Crippen LogP) is 3.31. The van der Waals surface area contributed by atoms with Gasteiger partial charge < -0.3 is 9.84 Å². The van der Waals surface area contributed by atoms with Gasteiger partial charge in [0.1, 0.15) is 4.88 Å². The Morgan fingerprint density at radius 2 is 2.12 bits per heavy atom. The fourth-order valence-corrected chi connectivity index (χ4v) is 1.90. The van der Waals surface area contributed by atoms with Gasteiger partial charge in [0, 0.05) is 17.9 Å². The molecule has 0 atom stereocenters. The number of hydrogen-bond donors (Lipinski definition) is 1. The van der Waals surface area contributed by atoms with Crippen molar-refractivity contribution in [1.82, 2.24) is 0 Å². The first-order valence-corrected chi connectivity index (χ1v) is 5.66. The van der Waals surface area contributed by atoms with Crippen LogP contribution in [0.3, 0.4) is 0 Å². The molecule has 0 spiro atoms. The number of rotatable bonds is 6. The zero-order chi connectivity index (χ0) is 12.9. The van der Waals surface area contributed by atoms with Crippen LogP contribution in [0.1, 0.15) is 27.4 Å². The number of ether oxygens (including phenoxy) is 1. The Bertz CT molecular complexity index is 373. The molecule has 7 heteroatoms. The molecule has 0 aromatic carbocycles. The normalized spacial score (nSPS) is 11.7. The molecule has 0 amide bonds. The Balaban J connectivity index is 2.20. The molecule has 96 valence electrons. The summed E-state index contributed by atoms with van der Waals surface area (Å²) < 4.78 is 40.4. The fourth-order valence-electron chi connectivity index (χ4n) is 1.12. The third-order valence-electron chi connectivity index (χ3n) is 1.87. The van der Waals surface area contributed by atoms with Crippen molar-refractivity contribution in [3.63, 3.8) is 0 Å². The SMILES string of the molecule is O=C(O)c1ccc(COCCCC(F)(F)F)s1. The number of aromatic carboxylic acids is 1. The van der Waals surface area contributed by atoms with Crippen molar-refractivity contribution in [2.45, 2.75) is 25.6 Å². The van der Waals surface area contributed by atoms with Crippen LogP contribution in [-0.2, 0) is 11.3 Å². The number of thiophene rings is 1. The van der Waals surface area contributed by atoms with Crippen LogP contribution in [-0.4, -0.2) is 23.9 Å². The van der Waals surface area contributed by atoms with Gasteiger partial charge in [-0.25, -0.2) is 4.79 Å². The van der Waals surface area contributed by atoms with Gasteiger partial charge in [-0.2, -0.15) is 13.2 Å². The van der Waals surface area contributed by atoms with Crippen molar-refractivity contribution in [3.05, 3.63) is 21.9 Å². The number of alkyl halides is 3. The van der Waals surface area contributed by atoms with E-state index in [2.05, 4.69) is 0 Å². The summed E-state index contributed by atoms with van der Waals surface area (Å²) in [4.78, 5) is 11.4. The Labute approximate surface area is 99.8 Å². The van der Waals surface area contributed by atoms with Gasteiger partial charge in [-0.05, 0) is 18.6 Å². The maximum absolute atomic E-state index is 11.8. The maximum atomic E-state index is 11.8. The molecule has 3 nitrogen and oxygen atoms in total. The summed E-state index contributed by atoms with van der Waals surface area (Å²) in [5.41, 5.74) is 0. The number of carboxylic acids is 1. The van der Waals surface area contributed by atoms with Crippen molar-refractivity contribution >= 4 is 17.3 Å². The lowest BCUT2D eigenvalue weighted by molar-refractivity contribution is -0.138. The van der Waals surface area contributed by atoms with Gasteiger partial charge in [-0.15, -0.1) is 11.3 Å². The van der Waals surface area contributed by atoms with E-state index < -0.39 is 18.6 Å². The lowest BCUT2D eigenvalue weighted by atomic mass is 10.3. The molecule has 0 unspecified atom stereocenters. The Morgan fingerprint density at radius 1 is 1.41 bits per heavy atom. The van der Waals surface area contributed by atoms with Crippen molar-refractivity contribution in [3.8, 4) is 0 Å². The van der Waals surface area contributed by atoms with Gasteiger partial charge >= 0.3 is 12.1 Å². The molecule has 1 N–H and O–H groups in total. The minimum atomic E-state index is -4.15. The molecule has 1 heterocycles. The smallest absolute Gasteiger partial charge is 0.389 e. The average Bonchev–Trinajstić information content (AvgIpc) is 2.64. The van der Waals surface area contributed by atoms with Gasteiger partial charge in [0.05, 0.1) is 6.61 Å². The van der Waals surface area contributed by atoms with E-state index in [0.717, 1.165) is 11.3 Å². The third kappa shape index (κ3) is 5.69. The first-order valence-electron chi connectivity index (χ1n) is 4.85. The largest absolute Gasteiger partial charge is 0.477 e. The second-order valence-electron chi connectivity index (χ2n) is 3.34. The topological polar surface area (TPSA) is 46.5 Å². The highest BCUT2D eigenvalue weighted by Gasteiger charge is 2.25. The molecular weight excluding hydrogens is 257 g/mol. The Morgan fingerprint density at radius 3 is 2.65 bits per heavy atom. The Kier molecular flexibility index (Phi) is 4.95. The predicted molar refractivity (Wildman–Crippen MR) is 56.2 cm³/mol. The van der Waals surface area contributed by atoms with Crippen LogP contribution in [0.15, 0.2) is 12.1 Å². The number of carbonyl (C=O) groups is 1. The van der Waals surface area contributed by atoms with Gasteiger partial charge in [-0.3, -0.25) is 0 Å². The zero-order valence-corrected chi connectivity index (χ0v) is 9.61. The average molecular weight is 268 g/mol. The van der Waals surface area contributed by atoms with E-state index in [9.17, 15) is 18.0 Å². The maximum Gasteiger partial charge on any atom is 0.389 e. The fraction of sp³-hybridized carbons (Fsp3) is 0.500. The molecule has 0 fully saturated rings. The molecule has 0 aliphatic carbocycles. The molecule has 17 heavy (non-hydrogen) atoms. The van der Waals surface area contributed by atoms with Crippen molar-refractivity contribution < 1.29 is 27.8 Å².